The first kappa shape index (κ1) is 15.5. The molecular formula is C16H19F2NO2. The van der Waals surface area contributed by atoms with Gasteiger partial charge >= 0.3 is 5.97 Å². The van der Waals surface area contributed by atoms with Gasteiger partial charge in [0.2, 0.25) is 0 Å². The second kappa shape index (κ2) is 6.70. The van der Waals surface area contributed by atoms with E-state index in [1.807, 2.05) is 0 Å². The van der Waals surface area contributed by atoms with Crippen LogP contribution in [0.3, 0.4) is 0 Å². The molecule has 114 valence electrons. The summed E-state index contributed by atoms with van der Waals surface area (Å²) in [4.78, 5) is 12.1. The second-order valence-corrected chi connectivity index (χ2v) is 5.41. The number of halogens is 2. The van der Waals surface area contributed by atoms with Gasteiger partial charge in [-0.3, -0.25) is 0 Å². The second-order valence-electron chi connectivity index (χ2n) is 5.41. The maximum Gasteiger partial charge on any atom is 0.328 e. The van der Waals surface area contributed by atoms with E-state index >= 15 is 0 Å². The molecule has 0 bridgehead atoms. The highest BCUT2D eigenvalue weighted by molar-refractivity contribution is 5.85. The van der Waals surface area contributed by atoms with Gasteiger partial charge in [-0.25, -0.2) is 13.6 Å². The summed E-state index contributed by atoms with van der Waals surface area (Å²) < 4.78 is 28.4. The molecule has 1 N–H and O–H groups in total. The number of carboxylic acids is 1. The third-order valence-electron chi connectivity index (χ3n) is 3.93. The van der Waals surface area contributed by atoms with Gasteiger partial charge in [0, 0.05) is 19.2 Å². The average molecular weight is 295 g/mol. The maximum atomic E-state index is 14.2. The number of nitrogens with zero attached hydrogens (tertiary/aromatic N) is 1. The Kier molecular flexibility index (Phi) is 4.94. The summed E-state index contributed by atoms with van der Waals surface area (Å²) in [5, 5.41) is 8.54. The first-order valence-electron chi connectivity index (χ1n) is 7.12. The van der Waals surface area contributed by atoms with Crippen molar-refractivity contribution in [2.75, 3.05) is 11.9 Å². The summed E-state index contributed by atoms with van der Waals surface area (Å²) in [5.74, 6) is -2.47. The highest BCUT2D eigenvalue weighted by atomic mass is 19.1. The monoisotopic (exact) mass is 295 g/mol. The van der Waals surface area contributed by atoms with Gasteiger partial charge in [-0.15, -0.1) is 0 Å². The Morgan fingerprint density at radius 1 is 1.24 bits per heavy atom. The van der Waals surface area contributed by atoms with Crippen LogP contribution in [0.25, 0.3) is 6.08 Å². The third kappa shape index (κ3) is 3.80. The van der Waals surface area contributed by atoms with Crippen molar-refractivity contribution in [3.63, 3.8) is 0 Å². The van der Waals surface area contributed by atoms with Crippen molar-refractivity contribution in [1.29, 1.82) is 0 Å². The fraction of sp³-hybridized carbons (Fsp3) is 0.438. The predicted molar refractivity (Wildman–Crippen MR) is 78.3 cm³/mol. The topological polar surface area (TPSA) is 40.5 Å². The molecule has 1 fully saturated rings. The van der Waals surface area contributed by atoms with E-state index in [1.54, 1.807) is 11.9 Å². The zero-order chi connectivity index (χ0) is 15.4. The molecule has 0 unspecified atom stereocenters. The summed E-state index contributed by atoms with van der Waals surface area (Å²) in [6, 6.07) is 2.48. The lowest BCUT2D eigenvalue weighted by atomic mass is 9.94. The van der Waals surface area contributed by atoms with Gasteiger partial charge in [0.15, 0.2) is 0 Å². The van der Waals surface area contributed by atoms with Crippen LogP contribution in [0.1, 0.15) is 37.7 Å². The number of anilines is 1. The average Bonchev–Trinajstić information content (AvgIpc) is 2.45. The van der Waals surface area contributed by atoms with Gasteiger partial charge in [0.05, 0.1) is 0 Å². The Balaban J connectivity index is 2.25. The first-order valence-corrected chi connectivity index (χ1v) is 7.12. The molecule has 21 heavy (non-hydrogen) atoms. The predicted octanol–water partition coefficient (Wildman–Crippen LogP) is 3.83. The van der Waals surface area contributed by atoms with E-state index in [-0.39, 0.29) is 17.3 Å². The molecule has 1 aromatic rings. The summed E-state index contributed by atoms with van der Waals surface area (Å²) in [7, 11) is 1.71. The van der Waals surface area contributed by atoms with Crippen LogP contribution in [0, 0.1) is 11.6 Å². The van der Waals surface area contributed by atoms with E-state index in [4.69, 9.17) is 5.11 Å². The van der Waals surface area contributed by atoms with Crippen LogP contribution in [0.15, 0.2) is 18.2 Å². The van der Waals surface area contributed by atoms with Crippen molar-refractivity contribution in [3.05, 3.63) is 35.4 Å². The van der Waals surface area contributed by atoms with E-state index in [0.717, 1.165) is 43.9 Å². The first-order chi connectivity index (χ1) is 9.99. The summed E-state index contributed by atoms with van der Waals surface area (Å²) >= 11 is 0. The molecule has 0 aliphatic heterocycles. The molecule has 0 radical (unpaired) electrons. The summed E-state index contributed by atoms with van der Waals surface area (Å²) in [6.45, 7) is 0. The highest BCUT2D eigenvalue weighted by Gasteiger charge is 2.23. The Morgan fingerprint density at radius 3 is 2.33 bits per heavy atom. The Bertz CT molecular complexity index is 528. The lowest BCUT2D eigenvalue weighted by molar-refractivity contribution is -0.131. The molecule has 2 rings (SSSR count). The van der Waals surface area contributed by atoms with Crippen molar-refractivity contribution in [1.82, 2.24) is 0 Å². The van der Waals surface area contributed by atoms with Gasteiger partial charge < -0.3 is 10.0 Å². The summed E-state index contributed by atoms with van der Waals surface area (Å²) in [5.41, 5.74) is 0.169. The largest absolute Gasteiger partial charge is 0.478 e. The van der Waals surface area contributed by atoms with Crippen molar-refractivity contribution < 1.29 is 18.7 Å². The Morgan fingerprint density at radius 2 is 1.81 bits per heavy atom. The van der Waals surface area contributed by atoms with Crippen molar-refractivity contribution in [2.45, 2.75) is 38.1 Å². The van der Waals surface area contributed by atoms with Gasteiger partial charge in [0.25, 0.3) is 0 Å². The number of rotatable bonds is 4. The number of benzene rings is 1. The lowest BCUT2D eigenvalue weighted by Gasteiger charge is -2.33. The van der Waals surface area contributed by atoms with Crippen LogP contribution < -0.4 is 4.90 Å². The molecule has 0 spiro atoms. The van der Waals surface area contributed by atoms with E-state index in [2.05, 4.69) is 0 Å². The molecule has 1 saturated carbocycles. The quantitative estimate of drug-likeness (QED) is 0.858. The summed E-state index contributed by atoms with van der Waals surface area (Å²) in [6.07, 6.45) is 7.26. The molecule has 0 saturated heterocycles. The number of aliphatic carboxylic acids is 1. The molecule has 1 aliphatic rings. The molecule has 0 amide bonds. The smallest absolute Gasteiger partial charge is 0.328 e. The lowest BCUT2D eigenvalue weighted by Crippen LogP contribution is -2.34. The van der Waals surface area contributed by atoms with Crippen LogP contribution >= 0.6 is 0 Å². The van der Waals surface area contributed by atoms with Crippen molar-refractivity contribution in [3.8, 4) is 0 Å². The highest BCUT2D eigenvalue weighted by Crippen LogP contribution is 2.30. The molecule has 0 atom stereocenters. The number of hydrogen-bond acceptors (Lipinski definition) is 2. The minimum absolute atomic E-state index is 0.0330. The van der Waals surface area contributed by atoms with Crippen LogP contribution in [0.4, 0.5) is 14.5 Å². The van der Waals surface area contributed by atoms with Gasteiger partial charge in [-0.05, 0) is 36.6 Å². The Hall–Kier alpha value is -1.91. The third-order valence-corrected chi connectivity index (χ3v) is 3.93. The minimum atomic E-state index is -1.15. The van der Waals surface area contributed by atoms with Crippen LogP contribution in [-0.4, -0.2) is 24.2 Å². The number of hydrogen-bond donors (Lipinski definition) is 1. The molecule has 0 heterocycles. The van der Waals surface area contributed by atoms with Crippen molar-refractivity contribution >= 4 is 17.7 Å². The van der Waals surface area contributed by atoms with Gasteiger partial charge in [-0.1, -0.05) is 19.3 Å². The standard InChI is InChI=1S/C16H19F2NO2/c1-19(12-5-3-2-4-6-12)16-13(17)9-11(10-14(16)18)7-8-15(20)21/h7-10,12H,2-6H2,1H3,(H,20,21). The molecule has 1 aromatic carbocycles. The molecule has 1 aliphatic carbocycles. The maximum absolute atomic E-state index is 14.2. The number of carboxylic acid groups (broad SMARTS) is 1. The zero-order valence-corrected chi connectivity index (χ0v) is 12.0. The molecular weight excluding hydrogens is 276 g/mol. The fourth-order valence-electron chi connectivity index (χ4n) is 2.84. The molecule has 5 heteroatoms. The van der Waals surface area contributed by atoms with Crippen molar-refractivity contribution in [2.24, 2.45) is 0 Å². The molecule has 0 aromatic heterocycles. The van der Waals surface area contributed by atoms with E-state index in [1.165, 1.54) is 12.5 Å². The molecule has 3 nitrogen and oxygen atoms in total. The Labute approximate surface area is 122 Å². The zero-order valence-electron chi connectivity index (χ0n) is 12.0. The minimum Gasteiger partial charge on any atom is -0.478 e. The fourth-order valence-corrected chi connectivity index (χ4v) is 2.84. The van der Waals surface area contributed by atoms with Gasteiger partial charge in [0.1, 0.15) is 17.3 Å². The normalized spacial score (nSPS) is 16.3. The van der Waals surface area contributed by atoms with Crippen LogP contribution in [0.2, 0.25) is 0 Å². The number of carbonyl (C=O) groups is 1. The van der Waals surface area contributed by atoms with E-state index < -0.39 is 17.6 Å². The van der Waals surface area contributed by atoms with Gasteiger partial charge in [-0.2, -0.15) is 0 Å². The van der Waals surface area contributed by atoms with Crippen LogP contribution in [-0.2, 0) is 4.79 Å². The van der Waals surface area contributed by atoms with E-state index in [0.29, 0.717) is 0 Å². The SMILES string of the molecule is CN(c1c(F)cc(C=CC(=O)O)cc1F)C1CCCCC1. The van der Waals surface area contributed by atoms with E-state index in [9.17, 15) is 13.6 Å². The van der Waals surface area contributed by atoms with Crippen LogP contribution in [0.5, 0.6) is 0 Å².